The zero-order valence-corrected chi connectivity index (χ0v) is 13.2. The molecule has 0 aliphatic heterocycles. The van der Waals surface area contributed by atoms with E-state index in [2.05, 4.69) is 10.1 Å². The highest BCUT2D eigenvalue weighted by molar-refractivity contribution is 7.14. The Morgan fingerprint density at radius 3 is 2.62 bits per heavy atom. The number of halogens is 3. The Hall–Kier alpha value is -0.920. The van der Waals surface area contributed by atoms with Gasteiger partial charge in [0.05, 0.1) is 0 Å². The van der Waals surface area contributed by atoms with E-state index in [0.29, 0.717) is 0 Å². The lowest BCUT2D eigenvalue weighted by Crippen LogP contribution is -2.40. The number of amides is 1. The van der Waals surface area contributed by atoms with Crippen LogP contribution < -0.4 is 15.8 Å². The molecule has 120 valence electrons. The van der Waals surface area contributed by atoms with Gasteiger partial charge in [0.2, 0.25) is 0 Å². The van der Waals surface area contributed by atoms with E-state index in [0.717, 1.165) is 41.9 Å². The fraction of sp³-hybridized carbons (Fsp3) is 0.615. The lowest BCUT2D eigenvalue weighted by atomic mass is 9.92. The number of thiophene rings is 1. The summed E-state index contributed by atoms with van der Waals surface area (Å²) in [6, 6.07) is 1.72. The minimum absolute atomic E-state index is 0. The third-order valence-corrected chi connectivity index (χ3v) is 4.38. The fourth-order valence-corrected chi connectivity index (χ4v) is 3.19. The van der Waals surface area contributed by atoms with Crippen molar-refractivity contribution in [1.29, 1.82) is 0 Å². The van der Waals surface area contributed by atoms with Gasteiger partial charge in [-0.25, -0.2) is 0 Å². The van der Waals surface area contributed by atoms with Crippen molar-refractivity contribution in [2.75, 3.05) is 0 Å². The smallest absolute Gasteiger partial charge is 0.387 e. The molecule has 0 aromatic carbocycles. The van der Waals surface area contributed by atoms with E-state index in [-0.39, 0.29) is 41.0 Å². The summed E-state index contributed by atoms with van der Waals surface area (Å²) in [5, 5.41) is 2.87. The van der Waals surface area contributed by atoms with Gasteiger partial charge in [0, 0.05) is 17.0 Å². The van der Waals surface area contributed by atoms with Gasteiger partial charge in [-0.05, 0) is 38.7 Å². The highest BCUT2D eigenvalue weighted by Crippen LogP contribution is 2.30. The van der Waals surface area contributed by atoms with Crippen LogP contribution in [0.3, 0.4) is 0 Å². The van der Waals surface area contributed by atoms with Gasteiger partial charge in [-0.1, -0.05) is 0 Å². The highest BCUT2D eigenvalue weighted by atomic mass is 35.5. The Morgan fingerprint density at radius 2 is 2.05 bits per heavy atom. The molecule has 4 nitrogen and oxygen atoms in total. The van der Waals surface area contributed by atoms with Crippen LogP contribution in [0.1, 0.15) is 40.2 Å². The van der Waals surface area contributed by atoms with E-state index < -0.39 is 6.61 Å². The van der Waals surface area contributed by atoms with Crippen molar-refractivity contribution in [3.8, 4) is 5.75 Å². The van der Waals surface area contributed by atoms with Crippen molar-refractivity contribution < 1.29 is 18.3 Å². The van der Waals surface area contributed by atoms with Gasteiger partial charge in [-0.15, -0.1) is 23.7 Å². The maximum absolute atomic E-state index is 12.3. The molecular weight excluding hydrogens is 322 g/mol. The first kappa shape index (κ1) is 18.1. The van der Waals surface area contributed by atoms with Crippen LogP contribution in [0.15, 0.2) is 6.07 Å². The summed E-state index contributed by atoms with van der Waals surface area (Å²) in [5.74, 6) is -0.397. The van der Waals surface area contributed by atoms with Gasteiger partial charge in [0.1, 0.15) is 10.6 Å². The number of alkyl halides is 2. The van der Waals surface area contributed by atoms with Crippen LogP contribution in [-0.4, -0.2) is 24.6 Å². The maximum atomic E-state index is 12.3. The summed E-state index contributed by atoms with van der Waals surface area (Å²) in [5.41, 5.74) is 5.81. The average molecular weight is 341 g/mol. The Bertz CT molecular complexity index is 477. The molecule has 0 unspecified atom stereocenters. The van der Waals surface area contributed by atoms with Gasteiger partial charge >= 0.3 is 6.61 Å². The van der Waals surface area contributed by atoms with Crippen molar-refractivity contribution >= 4 is 29.7 Å². The van der Waals surface area contributed by atoms with Gasteiger partial charge in [-0.2, -0.15) is 8.78 Å². The van der Waals surface area contributed by atoms with E-state index in [1.807, 2.05) is 0 Å². The lowest BCUT2D eigenvalue weighted by Gasteiger charge is -2.26. The van der Waals surface area contributed by atoms with Crippen LogP contribution in [0.4, 0.5) is 8.78 Å². The largest absolute Gasteiger partial charge is 0.433 e. The average Bonchev–Trinajstić information content (AvgIpc) is 2.72. The molecule has 0 radical (unpaired) electrons. The number of nitrogens with one attached hydrogen (secondary N) is 1. The second kappa shape index (κ2) is 7.91. The molecule has 1 aliphatic rings. The van der Waals surface area contributed by atoms with Crippen LogP contribution in [-0.2, 0) is 0 Å². The zero-order valence-electron chi connectivity index (χ0n) is 11.6. The molecule has 1 aromatic heterocycles. The summed E-state index contributed by atoms with van der Waals surface area (Å²) in [6.45, 7) is -1.18. The number of hydrogen-bond donors (Lipinski definition) is 2. The summed E-state index contributed by atoms with van der Waals surface area (Å²) in [7, 11) is 0. The van der Waals surface area contributed by atoms with Crippen LogP contribution in [0, 0.1) is 6.92 Å². The molecule has 1 amide bonds. The van der Waals surface area contributed by atoms with E-state index in [1.54, 1.807) is 6.92 Å². The highest BCUT2D eigenvalue weighted by Gasteiger charge is 2.24. The fourth-order valence-electron chi connectivity index (χ4n) is 2.35. The minimum Gasteiger partial charge on any atom is -0.433 e. The molecule has 1 saturated carbocycles. The third-order valence-electron chi connectivity index (χ3n) is 3.35. The van der Waals surface area contributed by atoms with Crippen LogP contribution in [0.2, 0.25) is 0 Å². The molecule has 1 heterocycles. The molecule has 21 heavy (non-hydrogen) atoms. The number of rotatable bonds is 4. The van der Waals surface area contributed by atoms with E-state index in [9.17, 15) is 13.6 Å². The van der Waals surface area contributed by atoms with Crippen molar-refractivity contribution in [2.45, 2.75) is 51.3 Å². The molecule has 0 spiro atoms. The molecule has 8 heteroatoms. The van der Waals surface area contributed by atoms with Crippen LogP contribution in [0.25, 0.3) is 0 Å². The molecule has 0 bridgehead atoms. The van der Waals surface area contributed by atoms with E-state index in [4.69, 9.17) is 5.73 Å². The van der Waals surface area contributed by atoms with Gasteiger partial charge in [0.15, 0.2) is 0 Å². The van der Waals surface area contributed by atoms with Gasteiger partial charge < -0.3 is 15.8 Å². The van der Waals surface area contributed by atoms with Gasteiger partial charge in [-0.3, -0.25) is 4.79 Å². The first-order valence-electron chi connectivity index (χ1n) is 6.57. The predicted molar refractivity (Wildman–Crippen MR) is 80.6 cm³/mol. The molecule has 1 fully saturated rings. The molecule has 1 aromatic rings. The first-order chi connectivity index (χ1) is 9.45. The number of aryl methyl sites for hydroxylation is 1. The molecule has 0 atom stereocenters. The van der Waals surface area contributed by atoms with Crippen LogP contribution >= 0.6 is 23.7 Å². The van der Waals surface area contributed by atoms with E-state index in [1.165, 1.54) is 6.07 Å². The monoisotopic (exact) mass is 340 g/mol. The SMILES string of the molecule is Cc1cc(OC(F)F)c(C(=O)NC2CCC(N)CC2)s1.Cl. The Morgan fingerprint density at radius 1 is 1.43 bits per heavy atom. The van der Waals surface area contributed by atoms with Crippen molar-refractivity contribution in [3.63, 3.8) is 0 Å². The molecule has 3 N–H and O–H groups in total. The molecular formula is C13H19ClF2N2O2S. The summed E-state index contributed by atoms with van der Waals surface area (Å²) in [6.07, 6.45) is 3.38. The Kier molecular flexibility index (Phi) is 6.83. The predicted octanol–water partition coefficient (Wildman–Crippen LogP) is 3.08. The van der Waals surface area contributed by atoms with Gasteiger partial charge in [0.25, 0.3) is 5.91 Å². The maximum Gasteiger partial charge on any atom is 0.387 e. The van der Waals surface area contributed by atoms with Crippen molar-refractivity contribution in [1.82, 2.24) is 5.32 Å². The quantitative estimate of drug-likeness (QED) is 0.885. The molecule has 1 aliphatic carbocycles. The first-order valence-corrected chi connectivity index (χ1v) is 7.39. The minimum atomic E-state index is -2.93. The normalized spacial score (nSPS) is 21.8. The topological polar surface area (TPSA) is 64.3 Å². The molecule has 0 saturated heterocycles. The van der Waals surface area contributed by atoms with Crippen molar-refractivity contribution in [3.05, 3.63) is 15.8 Å². The Balaban J connectivity index is 0.00000220. The number of hydrogen-bond acceptors (Lipinski definition) is 4. The lowest BCUT2D eigenvalue weighted by molar-refractivity contribution is -0.0498. The molecule has 2 rings (SSSR count). The second-order valence-corrected chi connectivity index (χ2v) is 6.27. The standard InChI is InChI=1S/C13H18F2N2O2S.ClH/c1-7-6-10(19-13(14)15)11(20-7)12(18)17-9-4-2-8(16)3-5-9;/h6,8-9,13H,2-5,16H2,1H3,(H,17,18);1H. The third kappa shape index (κ3) is 5.09. The van der Waals surface area contributed by atoms with Crippen molar-refractivity contribution in [2.24, 2.45) is 5.73 Å². The van der Waals surface area contributed by atoms with Crippen LogP contribution in [0.5, 0.6) is 5.75 Å². The second-order valence-electron chi connectivity index (χ2n) is 5.01. The van der Waals surface area contributed by atoms with E-state index >= 15 is 0 Å². The number of carbonyl (C=O) groups excluding carboxylic acids is 1. The summed E-state index contributed by atoms with van der Waals surface area (Å²) < 4.78 is 29.0. The number of ether oxygens (including phenoxy) is 1. The summed E-state index contributed by atoms with van der Waals surface area (Å²) >= 11 is 1.16. The Labute approximate surface area is 132 Å². The zero-order chi connectivity index (χ0) is 14.7. The number of carbonyl (C=O) groups is 1. The number of nitrogens with two attached hydrogens (primary N) is 1. The summed E-state index contributed by atoms with van der Waals surface area (Å²) in [4.78, 5) is 13.1.